The van der Waals surface area contributed by atoms with E-state index in [0.717, 1.165) is 22.9 Å². The molecule has 122 valence electrons. The normalized spacial score (nSPS) is 10.0. The highest BCUT2D eigenvalue weighted by Crippen LogP contribution is 2.19. The molecule has 0 spiro atoms. The number of halogens is 2. The molecule has 24 heavy (non-hydrogen) atoms. The fourth-order valence-electron chi connectivity index (χ4n) is 1.85. The molecule has 1 aromatic carbocycles. The lowest BCUT2D eigenvalue weighted by Gasteiger charge is -2.08. The Morgan fingerprint density at radius 1 is 1.46 bits per heavy atom. The van der Waals surface area contributed by atoms with Gasteiger partial charge < -0.3 is 5.32 Å². The van der Waals surface area contributed by atoms with E-state index in [0.29, 0.717) is 0 Å². The molecule has 1 heterocycles. The van der Waals surface area contributed by atoms with Crippen molar-refractivity contribution in [3.63, 3.8) is 0 Å². The van der Waals surface area contributed by atoms with Crippen molar-refractivity contribution in [3.8, 4) is 6.07 Å². The molecule has 10 heteroatoms. The number of hydrogen-bond donors (Lipinski definition) is 1. The van der Waals surface area contributed by atoms with Crippen molar-refractivity contribution >= 4 is 28.9 Å². The van der Waals surface area contributed by atoms with Crippen LogP contribution in [0.25, 0.3) is 0 Å². The fourth-order valence-corrected chi connectivity index (χ4v) is 2.03. The van der Waals surface area contributed by atoms with Crippen molar-refractivity contribution in [3.05, 3.63) is 67.3 Å². The fraction of sp³-hybridized carbons (Fsp3) is 0.0714. The van der Waals surface area contributed by atoms with Crippen LogP contribution < -0.4 is 10.9 Å². The molecule has 1 aromatic heterocycles. The predicted octanol–water partition coefficient (Wildman–Crippen LogP) is 2.06. The lowest BCUT2D eigenvalue weighted by molar-refractivity contribution is -0.385. The van der Waals surface area contributed by atoms with Gasteiger partial charge in [0.05, 0.1) is 16.1 Å². The Bertz CT molecular complexity index is 935. The smallest absolute Gasteiger partial charge is 0.287 e. The molecule has 0 aliphatic heterocycles. The van der Waals surface area contributed by atoms with Gasteiger partial charge in [-0.2, -0.15) is 5.26 Å². The Balaban J connectivity index is 2.27. The zero-order chi connectivity index (χ0) is 17.9. The SMILES string of the molecule is N#Cc1cc([N+](=O)[O-])cn(CC(=O)Nc2ccc(F)c(Cl)c2)c1=O. The molecule has 0 saturated carbocycles. The first-order chi connectivity index (χ1) is 11.3. The summed E-state index contributed by atoms with van der Waals surface area (Å²) >= 11 is 5.59. The Morgan fingerprint density at radius 3 is 2.75 bits per heavy atom. The quantitative estimate of drug-likeness (QED) is 0.668. The number of benzene rings is 1. The third-order valence-corrected chi connectivity index (χ3v) is 3.21. The number of nitriles is 1. The molecule has 0 fully saturated rings. The number of pyridine rings is 1. The van der Waals surface area contributed by atoms with Crippen molar-refractivity contribution in [2.75, 3.05) is 5.32 Å². The van der Waals surface area contributed by atoms with Crippen LogP contribution in [-0.2, 0) is 11.3 Å². The maximum atomic E-state index is 13.1. The molecule has 0 unspecified atom stereocenters. The summed E-state index contributed by atoms with van der Waals surface area (Å²) in [5.74, 6) is -1.37. The van der Waals surface area contributed by atoms with Crippen molar-refractivity contribution in [1.82, 2.24) is 4.57 Å². The highest BCUT2D eigenvalue weighted by Gasteiger charge is 2.15. The summed E-state index contributed by atoms with van der Waals surface area (Å²) in [4.78, 5) is 33.9. The van der Waals surface area contributed by atoms with E-state index in [4.69, 9.17) is 16.9 Å². The van der Waals surface area contributed by atoms with Crippen LogP contribution in [-0.4, -0.2) is 15.4 Å². The summed E-state index contributed by atoms with van der Waals surface area (Å²) < 4.78 is 13.8. The highest BCUT2D eigenvalue weighted by atomic mass is 35.5. The second kappa shape index (κ2) is 6.89. The second-order valence-electron chi connectivity index (χ2n) is 4.59. The van der Waals surface area contributed by atoms with Gasteiger partial charge in [-0.15, -0.1) is 0 Å². The first kappa shape index (κ1) is 17.1. The molecule has 0 atom stereocenters. The minimum atomic E-state index is -0.838. The number of nitrogens with one attached hydrogen (secondary N) is 1. The van der Waals surface area contributed by atoms with E-state index in [-0.39, 0.29) is 10.7 Å². The maximum Gasteiger partial charge on any atom is 0.287 e. The zero-order valence-electron chi connectivity index (χ0n) is 11.8. The molecule has 0 aliphatic carbocycles. The summed E-state index contributed by atoms with van der Waals surface area (Å²) in [5.41, 5.74) is -1.61. The van der Waals surface area contributed by atoms with Gasteiger partial charge in [0.1, 0.15) is 24.0 Å². The van der Waals surface area contributed by atoms with Crippen molar-refractivity contribution in [2.45, 2.75) is 6.54 Å². The summed E-state index contributed by atoms with van der Waals surface area (Å²) in [6, 6.07) is 5.85. The van der Waals surface area contributed by atoms with Crippen LogP contribution in [0.3, 0.4) is 0 Å². The Kier molecular flexibility index (Phi) is 4.91. The summed E-state index contributed by atoms with van der Waals surface area (Å²) in [6.45, 7) is -0.565. The third-order valence-electron chi connectivity index (χ3n) is 2.92. The Morgan fingerprint density at radius 2 is 2.17 bits per heavy atom. The standard InChI is InChI=1S/C14H8ClFN4O4/c15-11-4-9(1-2-12(11)16)18-13(21)7-19-6-10(20(23)24)3-8(5-17)14(19)22/h1-4,6H,7H2,(H,18,21). The van der Waals surface area contributed by atoms with Gasteiger partial charge in [-0.3, -0.25) is 24.3 Å². The van der Waals surface area contributed by atoms with Gasteiger partial charge in [0.25, 0.3) is 11.2 Å². The minimum Gasteiger partial charge on any atom is -0.324 e. The third kappa shape index (κ3) is 3.74. The molecule has 1 N–H and O–H groups in total. The number of hydrogen-bond acceptors (Lipinski definition) is 5. The van der Waals surface area contributed by atoms with Crippen LogP contribution in [0.4, 0.5) is 15.8 Å². The van der Waals surface area contributed by atoms with Crippen LogP contribution >= 0.6 is 11.6 Å². The van der Waals surface area contributed by atoms with Gasteiger partial charge in [-0.25, -0.2) is 4.39 Å². The molecule has 8 nitrogen and oxygen atoms in total. The average Bonchev–Trinajstić information content (AvgIpc) is 2.52. The van der Waals surface area contributed by atoms with Gasteiger partial charge in [0.2, 0.25) is 5.91 Å². The number of amides is 1. The van der Waals surface area contributed by atoms with Crippen LogP contribution in [0.2, 0.25) is 5.02 Å². The molecule has 2 rings (SSSR count). The number of nitrogens with zero attached hydrogens (tertiary/aromatic N) is 3. The second-order valence-corrected chi connectivity index (χ2v) is 5.00. The Hall–Kier alpha value is -3.25. The number of carbonyl (C=O) groups excluding carboxylic acids is 1. The topological polar surface area (TPSA) is 118 Å². The van der Waals surface area contributed by atoms with Gasteiger partial charge >= 0.3 is 0 Å². The predicted molar refractivity (Wildman–Crippen MR) is 82.1 cm³/mol. The number of anilines is 1. The van der Waals surface area contributed by atoms with E-state index >= 15 is 0 Å². The van der Waals surface area contributed by atoms with Gasteiger partial charge in [-0.1, -0.05) is 11.6 Å². The molecular weight excluding hydrogens is 343 g/mol. The van der Waals surface area contributed by atoms with E-state index in [9.17, 15) is 24.1 Å². The van der Waals surface area contributed by atoms with Crippen LogP contribution in [0.5, 0.6) is 0 Å². The Labute approximate surface area is 138 Å². The number of nitro groups is 1. The maximum absolute atomic E-state index is 13.1. The number of aromatic nitrogens is 1. The first-order valence-corrected chi connectivity index (χ1v) is 6.73. The molecule has 0 saturated heterocycles. The highest BCUT2D eigenvalue weighted by molar-refractivity contribution is 6.31. The summed E-state index contributed by atoms with van der Waals surface area (Å²) in [5, 5.41) is 21.8. The summed E-state index contributed by atoms with van der Waals surface area (Å²) in [6.07, 6.45) is 0.862. The zero-order valence-corrected chi connectivity index (χ0v) is 12.6. The van der Waals surface area contributed by atoms with Crippen LogP contribution in [0.15, 0.2) is 35.3 Å². The number of rotatable bonds is 4. The van der Waals surface area contributed by atoms with Crippen LogP contribution in [0.1, 0.15) is 5.56 Å². The van der Waals surface area contributed by atoms with Gasteiger partial charge in [0.15, 0.2) is 0 Å². The van der Waals surface area contributed by atoms with E-state index in [2.05, 4.69) is 5.32 Å². The monoisotopic (exact) mass is 350 g/mol. The van der Waals surface area contributed by atoms with Crippen molar-refractivity contribution in [2.24, 2.45) is 0 Å². The van der Waals surface area contributed by atoms with Gasteiger partial charge in [0, 0.05) is 11.8 Å². The van der Waals surface area contributed by atoms with Crippen molar-refractivity contribution < 1.29 is 14.1 Å². The molecule has 2 aromatic rings. The first-order valence-electron chi connectivity index (χ1n) is 6.35. The van der Waals surface area contributed by atoms with E-state index < -0.39 is 40.0 Å². The molecule has 0 bridgehead atoms. The van der Waals surface area contributed by atoms with E-state index in [1.54, 1.807) is 0 Å². The lowest BCUT2D eigenvalue weighted by Crippen LogP contribution is -2.29. The van der Waals surface area contributed by atoms with E-state index in [1.165, 1.54) is 18.2 Å². The summed E-state index contributed by atoms with van der Waals surface area (Å²) in [7, 11) is 0. The molecule has 0 aliphatic rings. The van der Waals surface area contributed by atoms with Gasteiger partial charge in [-0.05, 0) is 18.2 Å². The van der Waals surface area contributed by atoms with Crippen molar-refractivity contribution in [1.29, 1.82) is 5.26 Å². The lowest BCUT2D eigenvalue weighted by atomic mass is 10.2. The molecule has 0 radical (unpaired) electrons. The van der Waals surface area contributed by atoms with Crippen LogP contribution in [0, 0.1) is 27.3 Å². The van der Waals surface area contributed by atoms with E-state index in [1.807, 2.05) is 0 Å². The largest absolute Gasteiger partial charge is 0.324 e. The molecular formula is C14H8ClFN4O4. The molecule has 1 amide bonds. The number of carbonyl (C=O) groups is 1. The average molecular weight is 351 g/mol. The minimum absolute atomic E-state index is 0.186.